The second kappa shape index (κ2) is 13.8. The van der Waals surface area contributed by atoms with Gasteiger partial charge >= 0.3 is 23.9 Å². The lowest BCUT2D eigenvalue weighted by Crippen LogP contribution is -2.27. The number of aromatic carboxylic acids is 1. The van der Waals surface area contributed by atoms with Crippen molar-refractivity contribution in [3.63, 3.8) is 0 Å². The molecule has 3 aromatic rings. The molecule has 0 saturated carbocycles. The minimum Gasteiger partial charge on any atom is -0.507 e. The molecule has 11 nitrogen and oxygen atoms in total. The molecule has 3 aromatic carbocycles. The number of phenols is 1. The molecule has 4 rings (SSSR count). The summed E-state index contributed by atoms with van der Waals surface area (Å²) in [6, 6.07) is 4.19. The molecule has 1 aliphatic carbocycles. The first kappa shape index (κ1) is 36.1. The summed E-state index contributed by atoms with van der Waals surface area (Å²) in [5, 5.41) is 20.5. The van der Waals surface area contributed by atoms with Gasteiger partial charge in [-0.3, -0.25) is 9.59 Å². The molecule has 0 amide bonds. The molecule has 0 fully saturated rings. The highest BCUT2D eigenvalue weighted by Gasteiger charge is 2.33. The van der Waals surface area contributed by atoms with Gasteiger partial charge < -0.3 is 29.2 Å². The molecule has 0 aromatic heterocycles. The lowest BCUT2D eigenvalue weighted by Gasteiger charge is -2.22. The SMILES string of the molecule is COC1=CC(=O)C=C(C)C1C(=O)Oc1cc(O)c(C(=O)Oc2cc(C)c(C(=O)Oc3cc(C)c(C(=O)O)c(C)c3C)c(C)c2C)c(C)c1C. The fourth-order valence-electron chi connectivity index (χ4n) is 5.92. The molecule has 2 N–H and O–H groups in total. The molecular formula is C38H38O11. The van der Waals surface area contributed by atoms with Gasteiger partial charge in [0.1, 0.15) is 40.2 Å². The minimum atomic E-state index is -1.07. The van der Waals surface area contributed by atoms with Crippen molar-refractivity contribution in [2.45, 2.75) is 62.3 Å². The third-order valence-corrected chi connectivity index (χ3v) is 9.03. The predicted molar refractivity (Wildman–Crippen MR) is 179 cm³/mol. The summed E-state index contributed by atoms with van der Waals surface area (Å²) >= 11 is 0. The number of carbonyl (C=O) groups excluding carboxylic acids is 4. The summed E-state index contributed by atoms with van der Waals surface area (Å²) in [5.74, 6) is -4.54. The van der Waals surface area contributed by atoms with E-state index in [2.05, 4.69) is 0 Å². The van der Waals surface area contributed by atoms with Crippen LogP contribution >= 0.6 is 0 Å². The lowest BCUT2D eigenvalue weighted by atomic mass is 9.92. The summed E-state index contributed by atoms with van der Waals surface area (Å²) in [7, 11) is 1.34. The van der Waals surface area contributed by atoms with Crippen molar-refractivity contribution < 1.29 is 53.1 Å². The van der Waals surface area contributed by atoms with Crippen molar-refractivity contribution in [3.05, 3.63) is 103 Å². The van der Waals surface area contributed by atoms with Crippen LogP contribution in [-0.4, -0.2) is 47.0 Å². The molecule has 1 aliphatic rings. The van der Waals surface area contributed by atoms with Crippen molar-refractivity contribution in [2.75, 3.05) is 7.11 Å². The van der Waals surface area contributed by atoms with Crippen LogP contribution in [-0.2, 0) is 14.3 Å². The van der Waals surface area contributed by atoms with Crippen LogP contribution in [0, 0.1) is 61.3 Å². The van der Waals surface area contributed by atoms with Crippen molar-refractivity contribution in [2.24, 2.45) is 5.92 Å². The zero-order valence-corrected chi connectivity index (χ0v) is 29.0. The Hall–Kier alpha value is -5.71. The predicted octanol–water partition coefficient (Wildman–Crippen LogP) is 6.58. The van der Waals surface area contributed by atoms with Gasteiger partial charge in [-0.25, -0.2) is 14.4 Å². The number of aryl methyl sites for hydroxylation is 2. The third-order valence-electron chi connectivity index (χ3n) is 9.03. The van der Waals surface area contributed by atoms with Crippen LogP contribution < -0.4 is 14.2 Å². The highest BCUT2D eigenvalue weighted by atomic mass is 16.5. The van der Waals surface area contributed by atoms with E-state index in [1.54, 1.807) is 62.3 Å². The van der Waals surface area contributed by atoms with Crippen molar-refractivity contribution >= 4 is 29.7 Å². The lowest BCUT2D eigenvalue weighted by molar-refractivity contribution is -0.137. The number of esters is 3. The number of hydrogen-bond donors (Lipinski definition) is 2. The summed E-state index contributed by atoms with van der Waals surface area (Å²) < 4.78 is 22.3. The third kappa shape index (κ3) is 6.83. The zero-order chi connectivity index (χ0) is 36.6. The maximum absolute atomic E-state index is 13.5. The Bertz CT molecular complexity index is 2030. The molecule has 1 atom stereocenters. The molecular weight excluding hydrogens is 632 g/mol. The van der Waals surface area contributed by atoms with Crippen LogP contribution in [0.3, 0.4) is 0 Å². The first-order valence-electron chi connectivity index (χ1n) is 15.3. The average molecular weight is 671 g/mol. The van der Waals surface area contributed by atoms with E-state index in [0.29, 0.717) is 50.1 Å². The number of hydrogen-bond acceptors (Lipinski definition) is 10. The molecule has 0 aliphatic heterocycles. The number of methoxy groups -OCH3 is 1. The van der Waals surface area contributed by atoms with Crippen molar-refractivity contribution in [3.8, 4) is 23.0 Å². The Morgan fingerprint density at radius 3 is 1.57 bits per heavy atom. The van der Waals surface area contributed by atoms with E-state index in [4.69, 9.17) is 18.9 Å². The van der Waals surface area contributed by atoms with E-state index in [1.807, 2.05) is 0 Å². The molecule has 0 heterocycles. The van der Waals surface area contributed by atoms with E-state index in [0.717, 1.165) is 6.07 Å². The number of ketones is 1. The Morgan fingerprint density at radius 2 is 1.06 bits per heavy atom. The van der Waals surface area contributed by atoms with Gasteiger partial charge in [-0.2, -0.15) is 0 Å². The number of allylic oxidation sites excluding steroid dienone is 2. The van der Waals surface area contributed by atoms with Gasteiger partial charge in [-0.15, -0.1) is 0 Å². The summed E-state index contributed by atoms with van der Waals surface area (Å²) in [6.45, 7) is 14.8. The average Bonchev–Trinajstić information content (AvgIpc) is 3.00. The summed E-state index contributed by atoms with van der Waals surface area (Å²) in [5.41, 5.74) is 4.32. The zero-order valence-electron chi connectivity index (χ0n) is 29.0. The Labute approximate surface area is 283 Å². The van der Waals surface area contributed by atoms with Crippen LogP contribution in [0.2, 0.25) is 0 Å². The molecule has 1 unspecified atom stereocenters. The topological polar surface area (TPSA) is 163 Å². The minimum absolute atomic E-state index is 0.0145. The maximum Gasteiger partial charge on any atom is 0.347 e. The molecule has 0 spiro atoms. The standard InChI is InChI=1S/C38H38O11/c1-16-11-25(39)14-30(46-10)33(16)37(44)49-29-15-26(40)34(24(9)21(29)6)38(45)48-28-13-18(3)32(23(8)20(28)5)36(43)47-27-12-17(2)31(35(41)42)22(7)19(27)4/h11-15,33,40H,1-10H3,(H,41,42). The van der Waals surface area contributed by atoms with E-state index in [-0.39, 0.29) is 45.5 Å². The molecule has 0 bridgehead atoms. The summed E-state index contributed by atoms with van der Waals surface area (Å²) in [4.78, 5) is 63.6. The van der Waals surface area contributed by atoms with Crippen LogP contribution in [0.15, 0.2) is 41.7 Å². The second-order valence-electron chi connectivity index (χ2n) is 12.1. The Kier molecular flexibility index (Phi) is 10.2. The molecule has 256 valence electrons. The van der Waals surface area contributed by atoms with Crippen molar-refractivity contribution in [1.82, 2.24) is 0 Å². The number of carboxylic acid groups (broad SMARTS) is 1. The normalized spacial score (nSPS) is 14.1. The van der Waals surface area contributed by atoms with E-state index >= 15 is 0 Å². The molecule has 0 radical (unpaired) electrons. The number of ether oxygens (including phenoxy) is 4. The van der Waals surface area contributed by atoms with Gasteiger partial charge in [0.15, 0.2) is 5.78 Å². The highest BCUT2D eigenvalue weighted by molar-refractivity contribution is 6.03. The number of aromatic hydroxyl groups is 1. The number of benzene rings is 3. The molecule has 11 heteroatoms. The monoisotopic (exact) mass is 670 g/mol. The van der Waals surface area contributed by atoms with E-state index < -0.39 is 35.5 Å². The fraction of sp³-hybridized carbons (Fsp3) is 0.289. The maximum atomic E-state index is 13.5. The quantitative estimate of drug-likeness (QED) is 0.197. The van der Waals surface area contributed by atoms with E-state index in [9.17, 15) is 34.2 Å². The molecule has 0 saturated heterocycles. The van der Waals surface area contributed by atoms with Gasteiger partial charge in [0.25, 0.3) is 0 Å². The van der Waals surface area contributed by atoms with Gasteiger partial charge in [-0.05, 0) is 131 Å². The van der Waals surface area contributed by atoms with Crippen LogP contribution in [0.1, 0.15) is 82.5 Å². The number of rotatable bonds is 8. The highest BCUT2D eigenvalue weighted by Crippen LogP contribution is 2.37. The number of carboxylic acids is 1. The van der Waals surface area contributed by atoms with Gasteiger partial charge in [-0.1, -0.05) is 0 Å². The Balaban J connectivity index is 1.59. The van der Waals surface area contributed by atoms with Gasteiger partial charge in [0, 0.05) is 12.1 Å². The first-order chi connectivity index (χ1) is 22.9. The van der Waals surface area contributed by atoms with Crippen LogP contribution in [0.4, 0.5) is 0 Å². The first-order valence-corrected chi connectivity index (χ1v) is 15.3. The second-order valence-corrected chi connectivity index (χ2v) is 12.1. The number of carbonyl (C=O) groups is 5. The van der Waals surface area contributed by atoms with Gasteiger partial charge in [0.05, 0.1) is 18.2 Å². The van der Waals surface area contributed by atoms with Crippen LogP contribution in [0.5, 0.6) is 23.0 Å². The van der Waals surface area contributed by atoms with Gasteiger partial charge in [0.2, 0.25) is 0 Å². The largest absolute Gasteiger partial charge is 0.507 e. The summed E-state index contributed by atoms with van der Waals surface area (Å²) in [6.07, 6.45) is 2.52. The smallest absolute Gasteiger partial charge is 0.347 e. The van der Waals surface area contributed by atoms with E-state index in [1.165, 1.54) is 31.4 Å². The van der Waals surface area contributed by atoms with Crippen molar-refractivity contribution in [1.29, 1.82) is 0 Å². The number of phenolic OH excluding ortho intramolecular Hbond substituents is 1. The fourth-order valence-corrected chi connectivity index (χ4v) is 5.92. The molecule has 49 heavy (non-hydrogen) atoms. The Morgan fingerprint density at radius 1 is 0.612 bits per heavy atom. The van der Waals surface area contributed by atoms with Crippen LogP contribution in [0.25, 0.3) is 0 Å².